The highest BCUT2D eigenvalue weighted by atomic mass is 35.5. The maximum absolute atomic E-state index is 15.2. The van der Waals surface area contributed by atoms with Crippen molar-refractivity contribution in [2.45, 2.75) is 42.0 Å². The van der Waals surface area contributed by atoms with Crippen molar-refractivity contribution in [1.82, 2.24) is 4.90 Å². The zero-order valence-electron chi connectivity index (χ0n) is 25.1. The minimum absolute atomic E-state index is 0.0177. The minimum Gasteiger partial charge on any atom is -0.504 e. The molecule has 8 nitrogen and oxygen atoms in total. The lowest BCUT2D eigenvalue weighted by Crippen LogP contribution is -2.60. The number of phenolic OH excluding ortho intramolecular Hbond substituents is 1. The first-order valence-electron chi connectivity index (χ1n) is 15.0. The molecule has 6 unspecified atom stereocenters. The van der Waals surface area contributed by atoms with Crippen molar-refractivity contribution in [1.29, 1.82) is 0 Å². The number of likely N-dealkylation sites (tertiary alicyclic amines) is 1. The standard InChI is InChI=1S/C33H23Cl2F5N2O6S/c1-2-48-18-7-3-6-16(27(18)43)20-14-8-9-15-19(29(45)41(28(15)44)12-13-5-4-10-49-13)17(14)11-32(34)30(46)42(31(47)33(20,32)35)26-24(39)22(37)21(36)23(38)25(26)40/h3-8,10,15,17,19-20,43H,2,9,11-12H2,1H3. The summed E-state index contributed by atoms with van der Waals surface area (Å²) in [5.74, 6) is -22.0. The van der Waals surface area contributed by atoms with Gasteiger partial charge in [-0.05, 0) is 43.2 Å². The molecular formula is C33H23Cl2F5N2O6S. The molecule has 256 valence electrons. The van der Waals surface area contributed by atoms with Gasteiger partial charge in [-0.15, -0.1) is 34.5 Å². The van der Waals surface area contributed by atoms with Gasteiger partial charge in [0.15, 0.2) is 44.5 Å². The molecule has 2 aliphatic heterocycles. The van der Waals surface area contributed by atoms with E-state index in [-0.39, 0.29) is 41.4 Å². The number of allylic oxidation sites excluding steroid dienone is 2. The van der Waals surface area contributed by atoms with Gasteiger partial charge in [-0.3, -0.25) is 24.1 Å². The molecule has 0 bridgehead atoms. The van der Waals surface area contributed by atoms with Crippen LogP contribution < -0.4 is 9.64 Å². The fourth-order valence-electron chi connectivity index (χ4n) is 7.74. The summed E-state index contributed by atoms with van der Waals surface area (Å²) in [5, 5.41) is 13.2. The number of alkyl halides is 2. The number of carbonyl (C=O) groups excluding carboxylic acids is 4. The van der Waals surface area contributed by atoms with E-state index < -0.39 is 104 Å². The quantitative estimate of drug-likeness (QED) is 0.0794. The maximum atomic E-state index is 15.2. The fraction of sp³-hybridized carbons (Fsp3) is 0.333. The van der Waals surface area contributed by atoms with E-state index in [4.69, 9.17) is 27.9 Å². The molecule has 16 heteroatoms. The lowest BCUT2D eigenvalue weighted by Gasteiger charge is -2.50. The second-order valence-corrected chi connectivity index (χ2v) is 14.4. The Morgan fingerprint density at radius 3 is 2.22 bits per heavy atom. The van der Waals surface area contributed by atoms with Crippen molar-refractivity contribution in [3.63, 3.8) is 0 Å². The Morgan fingerprint density at radius 1 is 0.918 bits per heavy atom. The third-order valence-corrected chi connectivity index (χ3v) is 12.1. The minimum atomic E-state index is -2.76. The average Bonchev–Trinajstić information content (AvgIpc) is 3.72. The SMILES string of the molecule is CCOc1cccc(C2C3=CCC4C(=O)N(Cc5cccs5)C(=O)C4C3CC3(Cl)C(=O)N(c4c(F)c(F)c(F)c(F)c4F)C(=O)C23Cl)c1O. The van der Waals surface area contributed by atoms with Gasteiger partial charge in [0.25, 0.3) is 11.8 Å². The van der Waals surface area contributed by atoms with Gasteiger partial charge >= 0.3 is 0 Å². The van der Waals surface area contributed by atoms with Gasteiger partial charge in [0, 0.05) is 16.4 Å². The van der Waals surface area contributed by atoms with Crippen LogP contribution in [0.15, 0.2) is 47.4 Å². The van der Waals surface area contributed by atoms with E-state index in [1.807, 2.05) is 0 Å². The summed E-state index contributed by atoms with van der Waals surface area (Å²) in [6, 6.07) is 7.66. The molecule has 2 aliphatic carbocycles. The van der Waals surface area contributed by atoms with Crippen molar-refractivity contribution in [2.75, 3.05) is 11.5 Å². The first-order chi connectivity index (χ1) is 23.2. The summed E-state index contributed by atoms with van der Waals surface area (Å²) < 4.78 is 78.8. The maximum Gasteiger partial charge on any atom is 0.258 e. The molecule has 4 amide bonds. The number of carbonyl (C=O) groups is 4. The molecule has 1 saturated carbocycles. The Bertz CT molecular complexity index is 1980. The number of amides is 4. The molecule has 7 rings (SSSR count). The summed E-state index contributed by atoms with van der Waals surface area (Å²) in [6.07, 6.45) is 0.897. The molecular weight excluding hydrogens is 718 g/mol. The van der Waals surface area contributed by atoms with Crippen LogP contribution in [0.3, 0.4) is 0 Å². The third kappa shape index (κ3) is 4.39. The van der Waals surface area contributed by atoms with Crippen LogP contribution in [0.1, 0.15) is 36.1 Å². The summed E-state index contributed by atoms with van der Waals surface area (Å²) in [6.45, 7) is 1.69. The predicted octanol–water partition coefficient (Wildman–Crippen LogP) is 6.31. The molecule has 4 aliphatic rings. The van der Waals surface area contributed by atoms with Crippen molar-refractivity contribution >= 4 is 63.9 Å². The normalized spacial score (nSPS) is 29.3. The molecule has 1 N–H and O–H groups in total. The van der Waals surface area contributed by atoms with Gasteiger partial charge in [-0.2, -0.15) is 0 Å². The molecule has 6 atom stereocenters. The zero-order chi connectivity index (χ0) is 35.3. The predicted molar refractivity (Wildman–Crippen MR) is 166 cm³/mol. The van der Waals surface area contributed by atoms with Crippen molar-refractivity contribution in [2.24, 2.45) is 17.8 Å². The molecule has 1 aromatic heterocycles. The first kappa shape index (κ1) is 33.5. The number of aromatic hydroxyl groups is 1. The van der Waals surface area contributed by atoms with E-state index in [2.05, 4.69) is 0 Å². The van der Waals surface area contributed by atoms with Crippen molar-refractivity contribution in [3.8, 4) is 11.5 Å². The Morgan fingerprint density at radius 2 is 1.59 bits per heavy atom. The molecule has 3 aromatic rings. The number of halogens is 7. The Labute approximate surface area is 288 Å². The van der Waals surface area contributed by atoms with Gasteiger partial charge in [0.05, 0.1) is 25.0 Å². The second-order valence-electron chi connectivity index (χ2n) is 12.2. The number of hydrogen-bond donors (Lipinski definition) is 1. The molecule has 49 heavy (non-hydrogen) atoms. The molecule has 3 fully saturated rings. The van der Waals surface area contributed by atoms with Crippen LogP contribution in [-0.2, 0) is 25.7 Å². The van der Waals surface area contributed by atoms with Crippen LogP contribution in [0.2, 0.25) is 0 Å². The van der Waals surface area contributed by atoms with E-state index >= 15 is 8.78 Å². The summed E-state index contributed by atoms with van der Waals surface area (Å²) in [5.41, 5.74) is -1.79. The van der Waals surface area contributed by atoms with Crippen molar-refractivity contribution in [3.05, 3.63) is 86.9 Å². The molecule has 0 spiro atoms. The Kier molecular flexibility index (Phi) is 7.88. The number of ether oxygens (including phenoxy) is 1. The molecule has 0 radical (unpaired) electrons. The van der Waals surface area contributed by atoms with Crippen LogP contribution in [-0.4, -0.2) is 50.0 Å². The van der Waals surface area contributed by atoms with E-state index in [0.29, 0.717) is 0 Å². The summed E-state index contributed by atoms with van der Waals surface area (Å²) >= 11 is 15.6. The highest BCUT2D eigenvalue weighted by molar-refractivity contribution is 7.09. The summed E-state index contributed by atoms with van der Waals surface area (Å²) in [4.78, 5) is 52.4. The molecule has 2 saturated heterocycles. The van der Waals surface area contributed by atoms with Crippen LogP contribution in [0.5, 0.6) is 11.5 Å². The van der Waals surface area contributed by atoms with E-state index in [0.717, 1.165) is 9.78 Å². The second kappa shape index (κ2) is 11.5. The number of benzene rings is 2. The Hall–Kier alpha value is -4.01. The van der Waals surface area contributed by atoms with Gasteiger partial charge in [0.2, 0.25) is 17.6 Å². The lowest BCUT2D eigenvalue weighted by molar-refractivity contribution is -0.141. The topological polar surface area (TPSA) is 104 Å². The number of fused-ring (bicyclic) bond motifs is 4. The van der Waals surface area contributed by atoms with Crippen LogP contribution >= 0.6 is 34.5 Å². The number of nitrogens with zero attached hydrogens (tertiary/aromatic N) is 2. The van der Waals surface area contributed by atoms with Crippen LogP contribution in [0.4, 0.5) is 27.6 Å². The number of imide groups is 2. The fourth-order valence-corrected chi connectivity index (χ4v) is 9.36. The van der Waals surface area contributed by atoms with Crippen molar-refractivity contribution < 1.29 is 51.0 Å². The van der Waals surface area contributed by atoms with Crippen LogP contribution in [0, 0.1) is 46.8 Å². The number of thiophene rings is 1. The first-order valence-corrected chi connectivity index (χ1v) is 16.6. The molecule has 2 aromatic carbocycles. The van der Waals surface area contributed by atoms with Gasteiger partial charge < -0.3 is 9.84 Å². The number of rotatable bonds is 6. The zero-order valence-corrected chi connectivity index (χ0v) is 27.4. The largest absolute Gasteiger partial charge is 0.504 e. The smallest absolute Gasteiger partial charge is 0.258 e. The third-order valence-electron chi connectivity index (χ3n) is 9.85. The molecule has 3 heterocycles. The van der Waals surface area contributed by atoms with Gasteiger partial charge in [-0.25, -0.2) is 26.9 Å². The lowest BCUT2D eigenvalue weighted by atomic mass is 9.56. The van der Waals surface area contributed by atoms with E-state index in [1.165, 1.54) is 29.5 Å². The monoisotopic (exact) mass is 740 g/mol. The van der Waals surface area contributed by atoms with Crippen LogP contribution in [0.25, 0.3) is 0 Å². The Balaban J connectivity index is 1.43. The number of para-hydroxylation sites is 1. The van der Waals surface area contributed by atoms with Gasteiger partial charge in [-0.1, -0.05) is 29.8 Å². The number of anilines is 1. The van der Waals surface area contributed by atoms with E-state index in [1.54, 1.807) is 30.5 Å². The van der Waals surface area contributed by atoms with E-state index in [9.17, 15) is 37.5 Å². The highest BCUT2D eigenvalue weighted by Gasteiger charge is 2.77. The highest BCUT2D eigenvalue weighted by Crippen LogP contribution is 2.67. The summed E-state index contributed by atoms with van der Waals surface area (Å²) in [7, 11) is 0. The number of phenols is 1. The number of hydrogen-bond acceptors (Lipinski definition) is 7. The average molecular weight is 742 g/mol. The van der Waals surface area contributed by atoms with Gasteiger partial charge in [0.1, 0.15) is 5.69 Å².